The van der Waals surface area contributed by atoms with Crippen LogP contribution in [0.15, 0.2) is 77.7 Å². The molecule has 0 saturated carbocycles. The lowest BCUT2D eigenvalue weighted by atomic mass is 10.1. The number of pyridine rings is 1. The molecule has 8 nitrogen and oxygen atoms in total. The first-order valence-electron chi connectivity index (χ1n) is 12.3. The van der Waals surface area contributed by atoms with E-state index in [2.05, 4.69) is 20.6 Å². The van der Waals surface area contributed by atoms with E-state index < -0.39 is 0 Å². The second-order valence-electron chi connectivity index (χ2n) is 9.23. The van der Waals surface area contributed by atoms with Crippen LogP contribution < -0.4 is 21.1 Å². The SMILES string of the molecule is Cc1ccc(CNC(=O)NC2CCN(c3nc4cccnc4n(Cc4ccccc4)c3=O)CC2)cc1. The molecule has 0 radical (unpaired) electrons. The monoisotopic (exact) mass is 482 g/mol. The van der Waals surface area contributed by atoms with E-state index in [0.717, 1.165) is 24.0 Å². The van der Waals surface area contributed by atoms with Crippen LogP contribution in [-0.4, -0.2) is 39.7 Å². The summed E-state index contributed by atoms with van der Waals surface area (Å²) in [5.74, 6) is 0.439. The summed E-state index contributed by atoms with van der Waals surface area (Å²) in [6.45, 7) is 4.24. The molecule has 0 spiro atoms. The van der Waals surface area contributed by atoms with Gasteiger partial charge in [-0.15, -0.1) is 0 Å². The molecule has 2 N–H and O–H groups in total. The van der Waals surface area contributed by atoms with Gasteiger partial charge in [-0.1, -0.05) is 60.2 Å². The van der Waals surface area contributed by atoms with Crippen molar-refractivity contribution in [3.8, 4) is 0 Å². The largest absolute Gasteiger partial charge is 0.352 e. The number of anilines is 1. The predicted octanol–water partition coefficient (Wildman–Crippen LogP) is 3.62. The summed E-state index contributed by atoms with van der Waals surface area (Å²) in [6, 6.07) is 21.6. The average molecular weight is 483 g/mol. The van der Waals surface area contributed by atoms with E-state index in [-0.39, 0.29) is 17.6 Å². The second-order valence-corrected chi connectivity index (χ2v) is 9.23. The Labute approximate surface area is 210 Å². The topological polar surface area (TPSA) is 92.2 Å². The van der Waals surface area contributed by atoms with Gasteiger partial charge < -0.3 is 15.5 Å². The van der Waals surface area contributed by atoms with Gasteiger partial charge in [0.2, 0.25) is 0 Å². The van der Waals surface area contributed by atoms with Crippen molar-refractivity contribution < 1.29 is 4.79 Å². The fourth-order valence-corrected chi connectivity index (χ4v) is 4.54. The van der Waals surface area contributed by atoms with Crippen LogP contribution in [0.5, 0.6) is 0 Å². The molecule has 4 aromatic rings. The molecule has 184 valence electrons. The zero-order valence-electron chi connectivity index (χ0n) is 20.4. The molecule has 0 bridgehead atoms. The minimum absolute atomic E-state index is 0.0490. The first kappa shape index (κ1) is 23.5. The van der Waals surface area contributed by atoms with Crippen molar-refractivity contribution in [2.24, 2.45) is 0 Å². The molecule has 2 aromatic heterocycles. The highest BCUT2D eigenvalue weighted by atomic mass is 16.2. The molecule has 8 heteroatoms. The molecule has 36 heavy (non-hydrogen) atoms. The highest BCUT2D eigenvalue weighted by molar-refractivity contribution is 5.74. The average Bonchev–Trinajstić information content (AvgIpc) is 2.91. The van der Waals surface area contributed by atoms with Crippen LogP contribution in [-0.2, 0) is 13.1 Å². The Kier molecular flexibility index (Phi) is 6.93. The third kappa shape index (κ3) is 5.38. The number of carbonyl (C=O) groups is 1. The van der Waals surface area contributed by atoms with Gasteiger partial charge in [-0.05, 0) is 43.0 Å². The smallest absolute Gasteiger partial charge is 0.315 e. The Balaban J connectivity index is 1.25. The lowest BCUT2D eigenvalue weighted by Gasteiger charge is -2.33. The lowest BCUT2D eigenvalue weighted by Crippen LogP contribution is -2.49. The molecule has 1 aliphatic rings. The fraction of sp³-hybridized carbons (Fsp3) is 0.286. The molecule has 1 fully saturated rings. The van der Waals surface area contributed by atoms with E-state index >= 15 is 0 Å². The normalized spacial score (nSPS) is 14.1. The van der Waals surface area contributed by atoms with E-state index in [9.17, 15) is 9.59 Å². The van der Waals surface area contributed by atoms with Gasteiger partial charge in [0.05, 0.1) is 6.54 Å². The summed E-state index contributed by atoms with van der Waals surface area (Å²) >= 11 is 0. The van der Waals surface area contributed by atoms with Crippen molar-refractivity contribution in [2.45, 2.75) is 38.9 Å². The van der Waals surface area contributed by atoms with Gasteiger partial charge in [0.15, 0.2) is 11.5 Å². The summed E-state index contributed by atoms with van der Waals surface area (Å²) in [6.07, 6.45) is 3.16. The van der Waals surface area contributed by atoms with Crippen LogP contribution in [0.25, 0.3) is 11.2 Å². The van der Waals surface area contributed by atoms with Crippen molar-refractivity contribution in [3.05, 3.63) is 100.0 Å². The van der Waals surface area contributed by atoms with Gasteiger partial charge in [-0.25, -0.2) is 14.8 Å². The van der Waals surface area contributed by atoms with Crippen molar-refractivity contribution in [2.75, 3.05) is 18.0 Å². The molecule has 2 amide bonds. The Morgan fingerprint density at radius 3 is 2.47 bits per heavy atom. The van der Waals surface area contributed by atoms with Gasteiger partial charge in [-0.2, -0.15) is 0 Å². The molecule has 3 heterocycles. The Bertz CT molecular complexity index is 1390. The zero-order chi connectivity index (χ0) is 24.9. The number of carbonyl (C=O) groups excluding carboxylic acids is 1. The first-order valence-corrected chi connectivity index (χ1v) is 12.3. The van der Waals surface area contributed by atoms with Crippen molar-refractivity contribution in [1.82, 2.24) is 25.2 Å². The van der Waals surface area contributed by atoms with Crippen molar-refractivity contribution in [3.63, 3.8) is 0 Å². The molecule has 0 unspecified atom stereocenters. The first-order chi connectivity index (χ1) is 17.6. The van der Waals surface area contributed by atoms with Gasteiger partial charge in [0.1, 0.15) is 5.52 Å². The minimum Gasteiger partial charge on any atom is -0.352 e. The number of benzene rings is 2. The molecular weight excluding hydrogens is 452 g/mol. The molecule has 1 saturated heterocycles. The predicted molar refractivity (Wildman–Crippen MR) is 141 cm³/mol. The van der Waals surface area contributed by atoms with E-state index in [4.69, 9.17) is 0 Å². The number of aryl methyl sites for hydroxylation is 1. The van der Waals surface area contributed by atoms with Gasteiger partial charge in [0.25, 0.3) is 5.56 Å². The number of fused-ring (bicyclic) bond motifs is 1. The van der Waals surface area contributed by atoms with Gasteiger partial charge in [-0.3, -0.25) is 9.36 Å². The van der Waals surface area contributed by atoms with E-state index in [1.54, 1.807) is 10.8 Å². The summed E-state index contributed by atoms with van der Waals surface area (Å²) in [4.78, 5) is 37.1. The number of nitrogens with one attached hydrogen (secondary N) is 2. The Morgan fingerprint density at radius 1 is 0.972 bits per heavy atom. The molecule has 0 aliphatic carbocycles. The summed E-state index contributed by atoms with van der Waals surface area (Å²) in [5, 5.41) is 6.00. The number of aromatic nitrogens is 3. The van der Waals surface area contributed by atoms with Crippen LogP contribution in [0, 0.1) is 6.92 Å². The zero-order valence-corrected chi connectivity index (χ0v) is 20.4. The van der Waals surface area contributed by atoms with E-state index in [0.29, 0.717) is 43.2 Å². The van der Waals surface area contributed by atoms with Gasteiger partial charge in [0, 0.05) is 31.9 Å². The quantitative estimate of drug-likeness (QED) is 0.438. The maximum Gasteiger partial charge on any atom is 0.315 e. The molecule has 2 aromatic carbocycles. The number of urea groups is 1. The number of hydrogen-bond donors (Lipinski definition) is 2. The molecular formula is C28H30N6O2. The number of nitrogens with zero attached hydrogens (tertiary/aromatic N) is 4. The van der Waals surface area contributed by atoms with Crippen molar-refractivity contribution in [1.29, 1.82) is 0 Å². The van der Waals surface area contributed by atoms with E-state index in [1.807, 2.05) is 78.6 Å². The van der Waals surface area contributed by atoms with Crippen molar-refractivity contribution >= 4 is 23.0 Å². The fourth-order valence-electron chi connectivity index (χ4n) is 4.54. The van der Waals surface area contributed by atoms with Crippen LogP contribution in [0.2, 0.25) is 0 Å². The van der Waals surface area contributed by atoms with Crippen LogP contribution in [0.3, 0.4) is 0 Å². The molecule has 0 atom stereocenters. The number of amides is 2. The maximum absolute atomic E-state index is 13.5. The van der Waals surface area contributed by atoms with Crippen LogP contribution >= 0.6 is 0 Å². The number of rotatable bonds is 6. The standard InChI is InChI=1S/C28H30N6O2/c1-20-9-11-21(12-10-20)18-30-28(36)31-23-13-16-33(17-14-23)26-27(35)34(19-22-6-3-2-4-7-22)25-24(32-26)8-5-15-29-25/h2-12,15,23H,13-14,16-19H2,1H3,(H2,30,31,36). The maximum atomic E-state index is 13.5. The summed E-state index contributed by atoms with van der Waals surface area (Å²) < 4.78 is 1.70. The third-order valence-corrected chi connectivity index (χ3v) is 6.57. The lowest BCUT2D eigenvalue weighted by molar-refractivity contribution is 0.234. The summed E-state index contributed by atoms with van der Waals surface area (Å²) in [5.41, 5.74) is 4.42. The van der Waals surface area contributed by atoms with Crippen LogP contribution in [0.4, 0.5) is 10.6 Å². The van der Waals surface area contributed by atoms with Crippen LogP contribution in [0.1, 0.15) is 29.5 Å². The summed E-state index contributed by atoms with van der Waals surface area (Å²) in [7, 11) is 0. The third-order valence-electron chi connectivity index (χ3n) is 6.57. The van der Waals surface area contributed by atoms with E-state index in [1.165, 1.54) is 5.56 Å². The highest BCUT2D eigenvalue weighted by Crippen LogP contribution is 2.18. The minimum atomic E-state index is -0.172. The Morgan fingerprint density at radius 2 is 1.72 bits per heavy atom. The molecule has 1 aliphatic heterocycles. The van der Waals surface area contributed by atoms with Gasteiger partial charge >= 0.3 is 6.03 Å². The highest BCUT2D eigenvalue weighted by Gasteiger charge is 2.25. The molecule has 5 rings (SSSR count). The second kappa shape index (κ2) is 10.6. The number of hydrogen-bond acceptors (Lipinski definition) is 5. The number of piperidine rings is 1. The Hall–Kier alpha value is -4.20.